The first-order chi connectivity index (χ1) is 13.0. The summed E-state index contributed by atoms with van der Waals surface area (Å²) < 4.78 is 40.3. The largest absolute Gasteiger partial charge is 0.478 e. The van der Waals surface area contributed by atoms with Gasteiger partial charge in [-0.15, -0.1) is 0 Å². The summed E-state index contributed by atoms with van der Waals surface area (Å²) in [5.41, 5.74) is -2.99. The molecule has 28 heavy (non-hydrogen) atoms. The quantitative estimate of drug-likeness (QED) is 0.489. The number of alkyl halides is 3. The van der Waals surface area contributed by atoms with E-state index in [0.717, 1.165) is 12.1 Å². The molecule has 0 aliphatic heterocycles. The zero-order chi connectivity index (χ0) is 20.8. The SMILES string of the molecule is O=C(c1ccc(Cl)c(Cl)c1)c1cc(C(=O)O)c2cc(Cl)cc(C(F)(F)F)c2n1. The first-order valence-corrected chi connectivity index (χ1v) is 8.57. The van der Waals surface area contributed by atoms with Crippen molar-refractivity contribution in [3.63, 3.8) is 0 Å². The number of fused-ring (bicyclic) bond motifs is 1. The second-order valence-electron chi connectivity index (χ2n) is 5.67. The predicted octanol–water partition coefficient (Wildman–Crippen LogP) is 6.14. The Balaban J connectivity index is 2.32. The molecule has 0 unspecified atom stereocenters. The first-order valence-electron chi connectivity index (χ1n) is 7.43. The predicted molar refractivity (Wildman–Crippen MR) is 98.6 cm³/mol. The number of ketones is 1. The molecule has 0 amide bonds. The Labute approximate surface area is 170 Å². The molecule has 1 heterocycles. The fourth-order valence-electron chi connectivity index (χ4n) is 2.59. The Morgan fingerprint density at radius 2 is 1.64 bits per heavy atom. The lowest BCUT2D eigenvalue weighted by atomic mass is 10.0. The van der Waals surface area contributed by atoms with Gasteiger partial charge in [0.2, 0.25) is 5.78 Å². The van der Waals surface area contributed by atoms with Gasteiger partial charge in [-0.05, 0) is 36.4 Å². The standard InChI is InChI=1S/C18H7Cl3F3NO3/c19-8-4-9-10(17(27)28)6-14(25-15(9)11(5-8)18(22,23)24)16(26)7-1-2-12(20)13(21)3-7/h1-6H,(H,27,28). The van der Waals surface area contributed by atoms with Crippen LogP contribution in [0, 0.1) is 0 Å². The lowest BCUT2D eigenvalue weighted by Crippen LogP contribution is -2.12. The van der Waals surface area contributed by atoms with E-state index in [2.05, 4.69) is 4.98 Å². The number of aromatic nitrogens is 1. The number of halogens is 6. The first kappa shape index (κ1) is 20.4. The summed E-state index contributed by atoms with van der Waals surface area (Å²) in [6.07, 6.45) is -4.86. The van der Waals surface area contributed by atoms with Crippen LogP contribution < -0.4 is 0 Å². The number of rotatable bonds is 3. The molecule has 0 atom stereocenters. The molecule has 2 aromatic carbocycles. The molecular weight excluding hydrogens is 442 g/mol. The van der Waals surface area contributed by atoms with E-state index in [1.54, 1.807) is 0 Å². The smallest absolute Gasteiger partial charge is 0.418 e. The number of carboxylic acids is 1. The molecule has 0 spiro atoms. The molecule has 3 rings (SSSR count). The number of aromatic carboxylic acids is 1. The van der Waals surface area contributed by atoms with Crippen molar-refractivity contribution in [1.29, 1.82) is 0 Å². The highest BCUT2D eigenvalue weighted by Crippen LogP contribution is 2.37. The normalized spacial score (nSPS) is 11.6. The van der Waals surface area contributed by atoms with Gasteiger partial charge in [0.1, 0.15) is 5.69 Å². The summed E-state index contributed by atoms with van der Waals surface area (Å²) in [4.78, 5) is 28.1. The maximum atomic E-state index is 13.4. The van der Waals surface area contributed by atoms with Gasteiger partial charge in [0.05, 0.1) is 26.7 Å². The molecule has 144 valence electrons. The van der Waals surface area contributed by atoms with Crippen LogP contribution in [0.3, 0.4) is 0 Å². The number of carbonyl (C=O) groups excluding carboxylic acids is 1. The molecule has 4 nitrogen and oxygen atoms in total. The fraction of sp³-hybridized carbons (Fsp3) is 0.0556. The van der Waals surface area contributed by atoms with Gasteiger partial charge >= 0.3 is 12.1 Å². The van der Waals surface area contributed by atoms with Crippen LogP contribution in [-0.2, 0) is 6.18 Å². The minimum Gasteiger partial charge on any atom is -0.478 e. The monoisotopic (exact) mass is 447 g/mol. The van der Waals surface area contributed by atoms with Gasteiger partial charge in [-0.2, -0.15) is 13.2 Å². The fourth-order valence-corrected chi connectivity index (χ4v) is 3.10. The van der Waals surface area contributed by atoms with Crippen LogP contribution in [0.2, 0.25) is 15.1 Å². The van der Waals surface area contributed by atoms with Crippen molar-refractivity contribution in [2.24, 2.45) is 0 Å². The van der Waals surface area contributed by atoms with Gasteiger partial charge in [0.25, 0.3) is 0 Å². The van der Waals surface area contributed by atoms with Crippen LogP contribution in [0.25, 0.3) is 10.9 Å². The van der Waals surface area contributed by atoms with Crippen molar-refractivity contribution in [2.45, 2.75) is 6.18 Å². The molecular formula is C18H7Cl3F3NO3. The summed E-state index contributed by atoms with van der Waals surface area (Å²) in [6, 6.07) is 6.41. The molecule has 1 N–H and O–H groups in total. The highest BCUT2D eigenvalue weighted by molar-refractivity contribution is 6.42. The Bertz CT molecular complexity index is 1150. The summed E-state index contributed by atoms with van der Waals surface area (Å²) in [7, 11) is 0. The third-order valence-corrected chi connectivity index (χ3v) is 4.79. The molecule has 0 bridgehead atoms. The Morgan fingerprint density at radius 3 is 2.21 bits per heavy atom. The van der Waals surface area contributed by atoms with E-state index >= 15 is 0 Å². The molecule has 10 heteroatoms. The Morgan fingerprint density at radius 1 is 0.964 bits per heavy atom. The van der Waals surface area contributed by atoms with Crippen LogP contribution in [0.15, 0.2) is 36.4 Å². The topological polar surface area (TPSA) is 67.3 Å². The van der Waals surface area contributed by atoms with Gasteiger partial charge in [-0.25, -0.2) is 9.78 Å². The van der Waals surface area contributed by atoms with Crippen LogP contribution in [0.4, 0.5) is 13.2 Å². The molecule has 0 saturated carbocycles. The number of carboxylic acid groups (broad SMARTS) is 1. The average molecular weight is 449 g/mol. The number of nitrogens with zero attached hydrogens (tertiary/aromatic N) is 1. The average Bonchev–Trinajstić information content (AvgIpc) is 2.61. The number of pyridine rings is 1. The summed E-state index contributed by atoms with van der Waals surface area (Å²) in [5.74, 6) is -2.35. The van der Waals surface area contributed by atoms with E-state index in [0.29, 0.717) is 6.07 Å². The summed E-state index contributed by atoms with van der Waals surface area (Å²) >= 11 is 17.4. The highest BCUT2D eigenvalue weighted by atomic mass is 35.5. The molecule has 0 aliphatic rings. The number of hydrogen-bond donors (Lipinski definition) is 1. The lowest BCUT2D eigenvalue weighted by Gasteiger charge is -2.13. The maximum Gasteiger partial charge on any atom is 0.418 e. The highest BCUT2D eigenvalue weighted by Gasteiger charge is 2.35. The van der Waals surface area contributed by atoms with Crippen molar-refractivity contribution in [3.8, 4) is 0 Å². The van der Waals surface area contributed by atoms with E-state index in [1.165, 1.54) is 18.2 Å². The second-order valence-corrected chi connectivity index (χ2v) is 6.92. The van der Waals surface area contributed by atoms with Gasteiger partial charge in [-0.1, -0.05) is 34.8 Å². The van der Waals surface area contributed by atoms with Crippen LogP contribution in [0.1, 0.15) is 32.0 Å². The number of hydrogen-bond acceptors (Lipinski definition) is 3. The van der Waals surface area contributed by atoms with Crippen LogP contribution in [-0.4, -0.2) is 21.8 Å². The second kappa shape index (κ2) is 7.24. The summed E-state index contributed by atoms with van der Waals surface area (Å²) in [5, 5.41) is 9.00. The van der Waals surface area contributed by atoms with E-state index < -0.39 is 40.3 Å². The van der Waals surface area contributed by atoms with Crippen LogP contribution >= 0.6 is 34.8 Å². The van der Waals surface area contributed by atoms with Crippen LogP contribution in [0.5, 0.6) is 0 Å². The minimum atomic E-state index is -4.86. The third kappa shape index (κ3) is 3.78. The zero-order valence-corrected chi connectivity index (χ0v) is 15.7. The molecule has 0 radical (unpaired) electrons. The van der Waals surface area contributed by atoms with E-state index in [1.807, 2.05) is 0 Å². The minimum absolute atomic E-state index is 0.0138. The molecule has 0 saturated heterocycles. The third-order valence-electron chi connectivity index (χ3n) is 3.83. The molecule has 0 aliphatic carbocycles. The summed E-state index contributed by atoms with van der Waals surface area (Å²) in [6.45, 7) is 0. The lowest BCUT2D eigenvalue weighted by molar-refractivity contribution is -0.136. The van der Waals surface area contributed by atoms with Gasteiger partial charge in [-0.3, -0.25) is 4.79 Å². The van der Waals surface area contributed by atoms with Crippen molar-refractivity contribution in [2.75, 3.05) is 0 Å². The molecule has 1 aromatic heterocycles. The van der Waals surface area contributed by atoms with Gasteiger partial charge < -0.3 is 5.11 Å². The van der Waals surface area contributed by atoms with Crippen molar-refractivity contribution in [3.05, 3.63) is 73.9 Å². The van der Waals surface area contributed by atoms with Crippen molar-refractivity contribution >= 4 is 57.5 Å². The number of carbonyl (C=O) groups is 2. The maximum absolute atomic E-state index is 13.4. The Kier molecular flexibility index (Phi) is 5.27. The van der Waals surface area contributed by atoms with E-state index in [9.17, 15) is 27.9 Å². The van der Waals surface area contributed by atoms with Gasteiger partial charge in [0.15, 0.2) is 0 Å². The molecule has 3 aromatic rings. The van der Waals surface area contributed by atoms with Gasteiger partial charge in [0, 0.05) is 16.0 Å². The van der Waals surface area contributed by atoms with Crippen molar-refractivity contribution < 1.29 is 27.9 Å². The molecule has 0 fully saturated rings. The van der Waals surface area contributed by atoms with E-state index in [4.69, 9.17) is 34.8 Å². The zero-order valence-electron chi connectivity index (χ0n) is 13.4. The Hall–Kier alpha value is -2.35. The van der Waals surface area contributed by atoms with E-state index in [-0.39, 0.29) is 26.0 Å². The van der Waals surface area contributed by atoms with Crippen molar-refractivity contribution in [1.82, 2.24) is 4.98 Å². The number of benzene rings is 2.